The minimum atomic E-state index is -1.34. The van der Waals surface area contributed by atoms with Crippen molar-refractivity contribution in [3.63, 3.8) is 0 Å². The van der Waals surface area contributed by atoms with Crippen molar-refractivity contribution in [1.29, 1.82) is 0 Å². The van der Waals surface area contributed by atoms with E-state index < -0.39 is 17.4 Å². The summed E-state index contributed by atoms with van der Waals surface area (Å²) >= 11 is 5.63. The number of aliphatic hydroxyl groups excluding tert-OH is 2. The van der Waals surface area contributed by atoms with E-state index >= 15 is 0 Å². The molecule has 1 rings (SSSR count). The first-order valence-corrected chi connectivity index (χ1v) is 8.93. The van der Waals surface area contributed by atoms with Gasteiger partial charge in [-0.1, -0.05) is 32.0 Å². The Balaban J connectivity index is 2.45. The van der Waals surface area contributed by atoms with Crippen LogP contribution in [0.4, 0.5) is 0 Å². The second kappa shape index (κ2) is 11.0. The molecule has 26 heavy (non-hydrogen) atoms. The Labute approximate surface area is 158 Å². The van der Waals surface area contributed by atoms with Gasteiger partial charge in [0.15, 0.2) is 0 Å². The molecule has 8 heteroatoms. The second-order valence-corrected chi connectivity index (χ2v) is 6.78. The van der Waals surface area contributed by atoms with Crippen molar-refractivity contribution >= 4 is 23.4 Å². The number of aliphatic hydroxyl groups is 2. The minimum absolute atomic E-state index is 0.158. The van der Waals surface area contributed by atoms with Gasteiger partial charge in [0.2, 0.25) is 11.8 Å². The monoisotopic (exact) mass is 386 g/mol. The largest absolute Gasteiger partial charge is 0.492 e. The van der Waals surface area contributed by atoms with Crippen LogP contribution in [-0.2, 0) is 9.59 Å². The summed E-state index contributed by atoms with van der Waals surface area (Å²) in [5.41, 5.74) is -0.945. The molecular formula is C18H27ClN2O5. The average molecular weight is 387 g/mol. The second-order valence-electron chi connectivity index (χ2n) is 6.52. The van der Waals surface area contributed by atoms with Crippen molar-refractivity contribution in [3.05, 3.63) is 30.3 Å². The highest BCUT2D eigenvalue weighted by atomic mass is 35.5. The van der Waals surface area contributed by atoms with Crippen molar-refractivity contribution in [2.45, 2.75) is 20.0 Å². The molecule has 7 nitrogen and oxygen atoms in total. The summed E-state index contributed by atoms with van der Waals surface area (Å²) in [5, 5.41) is 21.7. The minimum Gasteiger partial charge on any atom is -0.492 e. The number of nitrogens with one attached hydrogen (secondary N) is 1. The lowest BCUT2D eigenvalue weighted by atomic mass is 9.87. The van der Waals surface area contributed by atoms with E-state index in [1.807, 2.05) is 30.3 Å². The molecule has 1 atom stereocenters. The van der Waals surface area contributed by atoms with Crippen LogP contribution in [0, 0.1) is 5.41 Å². The van der Waals surface area contributed by atoms with E-state index in [4.69, 9.17) is 16.3 Å². The van der Waals surface area contributed by atoms with Crippen molar-refractivity contribution < 1.29 is 24.5 Å². The number of hydrogen-bond donors (Lipinski definition) is 3. The van der Waals surface area contributed by atoms with Gasteiger partial charge in [0.05, 0.1) is 13.2 Å². The highest BCUT2D eigenvalue weighted by molar-refractivity contribution is 6.27. The van der Waals surface area contributed by atoms with Crippen LogP contribution < -0.4 is 10.1 Å². The summed E-state index contributed by atoms with van der Waals surface area (Å²) in [6, 6.07) is 9.22. The molecule has 1 aromatic carbocycles. The number of rotatable bonds is 11. The SMILES string of the molecule is CC(C)(CO)C(O)C(=O)NCCN(CCOc1ccccc1)C(=O)CCl. The third-order valence-electron chi connectivity index (χ3n) is 3.92. The summed E-state index contributed by atoms with van der Waals surface area (Å²) in [6.45, 7) is 3.85. The number of carbonyl (C=O) groups is 2. The summed E-state index contributed by atoms with van der Waals surface area (Å²) in [6.07, 6.45) is -1.34. The van der Waals surface area contributed by atoms with Crippen molar-refractivity contribution in [1.82, 2.24) is 10.2 Å². The smallest absolute Gasteiger partial charge is 0.249 e. The summed E-state index contributed by atoms with van der Waals surface area (Å²) < 4.78 is 5.56. The highest BCUT2D eigenvalue weighted by Crippen LogP contribution is 2.19. The fourth-order valence-corrected chi connectivity index (χ4v) is 2.26. The van der Waals surface area contributed by atoms with E-state index in [0.717, 1.165) is 0 Å². The van der Waals surface area contributed by atoms with E-state index in [2.05, 4.69) is 5.32 Å². The maximum Gasteiger partial charge on any atom is 0.249 e. The predicted molar refractivity (Wildman–Crippen MR) is 99.1 cm³/mol. The Morgan fingerprint density at radius 3 is 2.50 bits per heavy atom. The van der Waals surface area contributed by atoms with Gasteiger partial charge in [0, 0.05) is 18.5 Å². The van der Waals surface area contributed by atoms with Gasteiger partial charge in [-0.2, -0.15) is 0 Å². The van der Waals surface area contributed by atoms with Gasteiger partial charge < -0.3 is 25.2 Å². The summed E-state index contributed by atoms with van der Waals surface area (Å²) in [5.74, 6) is -0.329. The third kappa shape index (κ3) is 7.19. The van der Waals surface area contributed by atoms with Gasteiger partial charge in [-0.15, -0.1) is 11.6 Å². The van der Waals surface area contributed by atoms with Gasteiger partial charge in [0.1, 0.15) is 24.3 Å². The number of hydrogen-bond acceptors (Lipinski definition) is 5. The zero-order valence-electron chi connectivity index (χ0n) is 15.2. The first-order valence-electron chi connectivity index (χ1n) is 8.40. The molecule has 0 bridgehead atoms. The summed E-state index contributed by atoms with van der Waals surface area (Å²) in [4.78, 5) is 25.3. The van der Waals surface area contributed by atoms with Crippen molar-refractivity contribution in [2.24, 2.45) is 5.41 Å². The molecule has 0 spiro atoms. The molecule has 0 aliphatic rings. The van der Waals surface area contributed by atoms with E-state index in [1.54, 1.807) is 13.8 Å². The van der Waals surface area contributed by atoms with Gasteiger partial charge in [-0.3, -0.25) is 9.59 Å². The Morgan fingerprint density at radius 2 is 1.92 bits per heavy atom. The normalized spacial score (nSPS) is 12.3. The number of halogens is 1. The fraction of sp³-hybridized carbons (Fsp3) is 0.556. The number of ether oxygens (including phenoxy) is 1. The van der Waals surface area contributed by atoms with Crippen molar-refractivity contribution in [2.75, 3.05) is 38.7 Å². The van der Waals surface area contributed by atoms with Gasteiger partial charge in [-0.05, 0) is 12.1 Å². The molecule has 2 amide bonds. The van der Waals surface area contributed by atoms with E-state index in [9.17, 15) is 19.8 Å². The van der Waals surface area contributed by atoms with Crippen LogP contribution in [0.3, 0.4) is 0 Å². The molecule has 3 N–H and O–H groups in total. The van der Waals surface area contributed by atoms with Crippen LogP contribution in [0.15, 0.2) is 30.3 Å². The number of carbonyl (C=O) groups excluding carboxylic acids is 2. The van der Waals surface area contributed by atoms with Crippen LogP contribution in [0.5, 0.6) is 5.75 Å². The molecule has 0 aliphatic heterocycles. The molecule has 146 valence electrons. The Hall–Kier alpha value is -1.83. The van der Waals surface area contributed by atoms with Crippen LogP contribution in [-0.4, -0.2) is 71.8 Å². The molecule has 1 aromatic rings. The highest BCUT2D eigenvalue weighted by Gasteiger charge is 2.32. The van der Waals surface area contributed by atoms with Gasteiger partial charge >= 0.3 is 0 Å². The molecule has 0 aromatic heterocycles. The molecule has 0 aliphatic carbocycles. The maximum absolute atomic E-state index is 11.9. The maximum atomic E-state index is 11.9. The lowest BCUT2D eigenvalue weighted by Gasteiger charge is -2.28. The number of amides is 2. The predicted octanol–water partition coefficient (Wildman–Crippen LogP) is 0.628. The standard InChI is InChI=1S/C18H27ClN2O5/c1-18(2,13-22)16(24)17(25)20-8-9-21(15(23)12-19)10-11-26-14-6-4-3-5-7-14/h3-7,16,22,24H,8-13H2,1-2H3,(H,20,25). The Bertz CT molecular complexity index is 568. The van der Waals surface area contributed by atoms with Crippen LogP contribution in [0.25, 0.3) is 0 Å². The van der Waals surface area contributed by atoms with Gasteiger partial charge in [0.25, 0.3) is 0 Å². The first-order chi connectivity index (χ1) is 12.3. The zero-order valence-corrected chi connectivity index (χ0v) is 15.9. The lowest BCUT2D eigenvalue weighted by Crippen LogP contribution is -2.48. The number of nitrogens with zero attached hydrogens (tertiary/aromatic N) is 1. The molecule has 0 heterocycles. The molecule has 0 fully saturated rings. The van der Waals surface area contributed by atoms with Crippen LogP contribution in [0.1, 0.15) is 13.8 Å². The topological polar surface area (TPSA) is 99.1 Å². The lowest BCUT2D eigenvalue weighted by molar-refractivity contribution is -0.137. The quantitative estimate of drug-likeness (QED) is 0.484. The fourth-order valence-electron chi connectivity index (χ4n) is 2.09. The molecule has 0 radical (unpaired) electrons. The van der Waals surface area contributed by atoms with Gasteiger partial charge in [-0.25, -0.2) is 0 Å². The molecule has 0 saturated carbocycles. The number of benzene rings is 1. The zero-order chi connectivity index (χ0) is 19.6. The van der Waals surface area contributed by atoms with E-state index in [1.165, 1.54) is 4.90 Å². The van der Waals surface area contributed by atoms with Crippen LogP contribution in [0.2, 0.25) is 0 Å². The van der Waals surface area contributed by atoms with E-state index in [0.29, 0.717) is 18.9 Å². The Kier molecular flexibility index (Phi) is 9.40. The van der Waals surface area contributed by atoms with E-state index in [-0.39, 0.29) is 31.5 Å². The average Bonchev–Trinajstić information content (AvgIpc) is 2.66. The number of alkyl halides is 1. The molecule has 1 unspecified atom stereocenters. The molecule has 0 saturated heterocycles. The summed E-state index contributed by atoms with van der Waals surface area (Å²) in [7, 11) is 0. The van der Waals surface area contributed by atoms with Crippen LogP contribution >= 0.6 is 11.6 Å². The first kappa shape index (κ1) is 22.2. The Morgan fingerprint density at radius 1 is 1.27 bits per heavy atom. The number of para-hydroxylation sites is 1. The molecular weight excluding hydrogens is 360 g/mol. The third-order valence-corrected chi connectivity index (χ3v) is 4.15. The van der Waals surface area contributed by atoms with Crippen molar-refractivity contribution in [3.8, 4) is 5.75 Å².